The summed E-state index contributed by atoms with van der Waals surface area (Å²) in [5, 5.41) is 10.8. The highest BCUT2D eigenvalue weighted by atomic mass is 35.5. The number of nitro benzene ring substituents is 1. The first-order chi connectivity index (χ1) is 7.18. The van der Waals surface area contributed by atoms with Crippen LogP contribution in [-0.4, -0.2) is 24.2 Å². The second-order valence-corrected chi connectivity index (χ2v) is 3.53. The van der Waals surface area contributed by atoms with Crippen LogP contribution in [0.3, 0.4) is 0 Å². The van der Waals surface area contributed by atoms with Gasteiger partial charge in [0.15, 0.2) is 5.75 Å². The van der Waals surface area contributed by atoms with Gasteiger partial charge in [-0.25, -0.2) is 0 Å². The minimum Gasteiger partial charge on any atom is -0.479 e. The Bertz CT molecular complexity index is 392. The fraction of sp³-hybridized carbons (Fsp3) is 0.333. The van der Waals surface area contributed by atoms with Gasteiger partial charge >= 0.3 is 5.69 Å². The van der Waals surface area contributed by atoms with Gasteiger partial charge in [-0.3, -0.25) is 10.1 Å². The van der Waals surface area contributed by atoms with Crippen LogP contribution in [0.2, 0.25) is 5.02 Å². The van der Waals surface area contributed by atoms with E-state index in [9.17, 15) is 10.1 Å². The smallest absolute Gasteiger partial charge is 0.329 e. The van der Waals surface area contributed by atoms with Crippen LogP contribution in [0.15, 0.2) is 18.2 Å². The van der Waals surface area contributed by atoms with Gasteiger partial charge in [-0.1, -0.05) is 17.7 Å². The predicted octanol–water partition coefficient (Wildman–Crippen LogP) is 2.03. The minimum atomic E-state index is -0.544. The van der Waals surface area contributed by atoms with E-state index in [1.807, 2.05) is 0 Å². The van der Waals surface area contributed by atoms with Gasteiger partial charge in [0, 0.05) is 0 Å². The number of para-hydroxylation sites is 1. The van der Waals surface area contributed by atoms with E-state index >= 15 is 0 Å². The van der Waals surface area contributed by atoms with Gasteiger partial charge < -0.3 is 9.47 Å². The van der Waals surface area contributed by atoms with Crippen LogP contribution in [0.4, 0.5) is 5.69 Å². The SMILES string of the molecule is O=[N+]([O-])c1c(Cl)cccc1OC1COC1. The number of benzene rings is 1. The molecule has 1 fully saturated rings. The quantitative estimate of drug-likeness (QED) is 0.588. The van der Waals surface area contributed by atoms with Crippen LogP contribution in [0.5, 0.6) is 5.75 Å². The van der Waals surface area contributed by atoms with E-state index in [0.29, 0.717) is 13.2 Å². The summed E-state index contributed by atoms with van der Waals surface area (Å²) in [7, 11) is 0. The lowest BCUT2D eigenvalue weighted by atomic mass is 10.2. The molecule has 1 aromatic rings. The normalized spacial score (nSPS) is 15.8. The van der Waals surface area contributed by atoms with Crippen molar-refractivity contribution in [1.82, 2.24) is 0 Å². The Labute approximate surface area is 90.7 Å². The fourth-order valence-electron chi connectivity index (χ4n) is 1.23. The first-order valence-electron chi connectivity index (χ1n) is 4.36. The molecule has 0 N–H and O–H groups in total. The molecule has 80 valence electrons. The molecule has 1 aromatic carbocycles. The first kappa shape index (κ1) is 10.2. The number of halogens is 1. The molecule has 0 spiro atoms. The second-order valence-electron chi connectivity index (χ2n) is 3.12. The molecule has 0 unspecified atom stereocenters. The Hall–Kier alpha value is -1.33. The molecule has 5 nitrogen and oxygen atoms in total. The number of hydrogen-bond donors (Lipinski definition) is 0. The highest BCUT2D eigenvalue weighted by molar-refractivity contribution is 6.32. The monoisotopic (exact) mass is 229 g/mol. The van der Waals surface area contributed by atoms with Crippen molar-refractivity contribution in [2.75, 3.05) is 13.2 Å². The predicted molar refractivity (Wildman–Crippen MR) is 53.3 cm³/mol. The summed E-state index contributed by atoms with van der Waals surface area (Å²) in [6.07, 6.45) is -0.109. The van der Waals surface area contributed by atoms with Crippen molar-refractivity contribution in [3.63, 3.8) is 0 Å². The van der Waals surface area contributed by atoms with E-state index in [0.717, 1.165) is 0 Å². The second kappa shape index (κ2) is 4.04. The van der Waals surface area contributed by atoms with Gasteiger partial charge in [-0.2, -0.15) is 0 Å². The van der Waals surface area contributed by atoms with Gasteiger partial charge in [0.1, 0.15) is 11.1 Å². The van der Waals surface area contributed by atoms with Gasteiger partial charge in [-0.05, 0) is 12.1 Å². The molecule has 0 atom stereocenters. The van der Waals surface area contributed by atoms with Crippen LogP contribution in [0, 0.1) is 10.1 Å². The Morgan fingerprint density at radius 2 is 2.27 bits per heavy atom. The average molecular weight is 230 g/mol. The molecular weight excluding hydrogens is 222 g/mol. The Kier molecular flexibility index (Phi) is 2.75. The zero-order valence-electron chi connectivity index (χ0n) is 7.68. The fourth-order valence-corrected chi connectivity index (χ4v) is 1.46. The van der Waals surface area contributed by atoms with Gasteiger partial charge in [-0.15, -0.1) is 0 Å². The molecule has 0 aliphatic carbocycles. The molecule has 0 amide bonds. The van der Waals surface area contributed by atoms with E-state index < -0.39 is 4.92 Å². The topological polar surface area (TPSA) is 61.6 Å². The molecule has 15 heavy (non-hydrogen) atoms. The number of nitrogens with zero attached hydrogens (tertiary/aromatic N) is 1. The lowest BCUT2D eigenvalue weighted by Crippen LogP contribution is -2.38. The van der Waals surface area contributed by atoms with Crippen molar-refractivity contribution in [2.24, 2.45) is 0 Å². The summed E-state index contributed by atoms with van der Waals surface area (Å²) >= 11 is 5.72. The molecule has 0 aromatic heterocycles. The number of ether oxygens (including phenoxy) is 2. The van der Waals surface area contributed by atoms with Crippen molar-refractivity contribution < 1.29 is 14.4 Å². The van der Waals surface area contributed by atoms with Crippen molar-refractivity contribution in [3.8, 4) is 5.75 Å². The number of hydrogen-bond acceptors (Lipinski definition) is 4. The molecule has 0 saturated carbocycles. The largest absolute Gasteiger partial charge is 0.479 e. The van der Waals surface area contributed by atoms with E-state index in [4.69, 9.17) is 21.1 Å². The van der Waals surface area contributed by atoms with Gasteiger partial charge in [0.2, 0.25) is 0 Å². The van der Waals surface area contributed by atoms with Crippen LogP contribution >= 0.6 is 11.6 Å². The summed E-state index contributed by atoms with van der Waals surface area (Å²) in [6, 6.07) is 4.61. The van der Waals surface area contributed by atoms with Crippen molar-refractivity contribution in [3.05, 3.63) is 33.3 Å². The molecule has 1 aliphatic rings. The van der Waals surface area contributed by atoms with Crippen LogP contribution in [-0.2, 0) is 4.74 Å². The molecule has 0 radical (unpaired) electrons. The molecular formula is C9H8ClNO4. The molecule has 0 bridgehead atoms. The molecule has 1 saturated heterocycles. The molecule has 6 heteroatoms. The standard InChI is InChI=1S/C9H8ClNO4/c10-7-2-1-3-8(9(7)11(12)13)15-6-4-14-5-6/h1-3,6H,4-5H2. The highest BCUT2D eigenvalue weighted by Gasteiger charge is 2.26. The van der Waals surface area contributed by atoms with E-state index in [-0.39, 0.29) is 22.6 Å². The maximum absolute atomic E-state index is 10.7. The third kappa shape index (κ3) is 2.03. The maximum atomic E-state index is 10.7. The highest BCUT2D eigenvalue weighted by Crippen LogP contribution is 2.35. The zero-order valence-corrected chi connectivity index (χ0v) is 8.44. The summed E-state index contributed by atoms with van der Waals surface area (Å²) < 4.78 is 10.3. The number of rotatable bonds is 3. The summed E-state index contributed by atoms with van der Waals surface area (Å²) in [5.74, 6) is 0.195. The zero-order chi connectivity index (χ0) is 10.8. The Morgan fingerprint density at radius 3 is 2.80 bits per heavy atom. The molecule has 1 heterocycles. The van der Waals surface area contributed by atoms with Gasteiger partial charge in [0.25, 0.3) is 0 Å². The molecule has 2 rings (SSSR count). The van der Waals surface area contributed by atoms with Crippen molar-refractivity contribution >= 4 is 17.3 Å². The van der Waals surface area contributed by atoms with E-state index in [1.165, 1.54) is 12.1 Å². The van der Waals surface area contributed by atoms with E-state index in [2.05, 4.69) is 0 Å². The van der Waals surface area contributed by atoms with Gasteiger partial charge in [0.05, 0.1) is 18.1 Å². The van der Waals surface area contributed by atoms with Crippen molar-refractivity contribution in [2.45, 2.75) is 6.10 Å². The summed E-state index contributed by atoms with van der Waals surface area (Å²) in [5.41, 5.74) is -0.189. The number of nitro groups is 1. The Morgan fingerprint density at radius 1 is 1.53 bits per heavy atom. The van der Waals surface area contributed by atoms with Crippen LogP contribution < -0.4 is 4.74 Å². The third-order valence-corrected chi connectivity index (χ3v) is 2.34. The third-order valence-electron chi connectivity index (χ3n) is 2.03. The summed E-state index contributed by atoms with van der Waals surface area (Å²) in [4.78, 5) is 10.2. The minimum absolute atomic E-state index is 0.0812. The maximum Gasteiger partial charge on any atom is 0.329 e. The lowest BCUT2D eigenvalue weighted by molar-refractivity contribution is -0.386. The van der Waals surface area contributed by atoms with E-state index in [1.54, 1.807) is 6.07 Å². The molecule has 1 aliphatic heterocycles. The van der Waals surface area contributed by atoms with Crippen LogP contribution in [0.25, 0.3) is 0 Å². The lowest BCUT2D eigenvalue weighted by Gasteiger charge is -2.26. The Balaban J connectivity index is 2.27. The first-order valence-corrected chi connectivity index (χ1v) is 4.73. The van der Waals surface area contributed by atoms with Crippen molar-refractivity contribution in [1.29, 1.82) is 0 Å². The van der Waals surface area contributed by atoms with Crippen LogP contribution in [0.1, 0.15) is 0 Å². The summed E-state index contributed by atoms with van der Waals surface area (Å²) in [6.45, 7) is 0.924. The average Bonchev–Trinajstić information content (AvgIpc) is 2.10.